The Labute approximate surface area is 137 Å². The molecule has 2 aromatic rings. The molecule has 0 unspecified atom stereocenters. The number of hydrogen-bond acceptors (Lipinski definition) is 3. The minimum Gasteiger partial charge on any atom is -0.494 e. The number of amides is 1. The van der Waals surface area contributed by atoms with Gasteiger partial charge in [0.15, 0.2) is 0 Å². The van der Waals surface area contributed by atoms with E-state index in [1.807, 2.05) is 41.3 Å². The number of para-hydroxylation sites is 1. The quantitative estimate of drug-likeness (QED) is 0.850. The van der Waals surface area contributed by atoms with Crippen molar-refractivity contribution in [2.24, 2.45) is 5.92 Å². The number of ether oxygens (including phenoxy) is 1. The summed E-state index contributed by atoms with van der Waals surface area (Å²) in [6, 6.07) is 13.6. The molecule has 0 radical (unpaired) electrons. The smallest absolute Gasteiger partial charge is 0.255 e. The number of carbonyl (C=O) groups is 1. The summed E-state index contributed by atoms with van der Waals surface area (Å²) >= 11 is 0. The van der Waals surface area contributed by atoms with Crippen LogP contribution in [-0.2, 0) is 0 Å². The fourth-order valence-corrected chi connectivity index (χ4v) is 2.96. The van der Waals surface area contributed by atoms with Crippen molar-refractivity contribution in [3.63, 3.8) is 0 Å². The second-order valence-electron chi connectivity index (χ2n) is 5.93. The van der Waals surface area contributed by atoms with Crippen LogP contribution >= 0.6 is 0 Å². The predicted octanol–water partition coefficient (Wildman–Crippen LogP) is 3.40. The molecule has 1 saturated heterocycles. The van der Waals surface area contributed by atoms with Gasteiger partial charge in [-0.05, 0) is 49.4 Å². The molecule has 1 amide bonds. The molecule has 0 bridgehead atoms. The van der Waals surface area contributed by atoms with Gasteiger partial charge in [-0.1, -0.05) is 18.2 Å². The first kappa shape index (κ1) is 15.5. The number of benzene rings is 1. The van der Waals surface area contributed by atoms with Gasteiger partial charge in [-0.15, -0.1) is 0 Å². The van der Waals surface area contributed by atoms with Gasteiger partial charge in [0.1, 0.15) is 5.75 Å². The number of piperidine rings is 1. The van der Waals surface area contributed by atoms with Crippen LogP contribution in [-0.4, -0.2) is 35.5 Å². The van der Waals surface area contributed by atoms with Crippen LogP contribution in [0.15, 0.2) is 54.9 Å². The molecule has 1 aliphatic rings. The van der Waals surface area contributed by atoms with Crippen LogP contribution in [0.4, 0.5) is 0 Å². The fraction of sp³-hybridized carbons (Fsp3) is 0.368. The maximum atomic E-state index is 12.4. The molecule has 2 heterocycles. The van der Waals surface area contributed by atoms with E-state index in [1.165, 1.54) is 0 Å². The van der Waals surface area contributed by atoms with E-state index in [-0.39, 0.29) is 5.91 Å². The van der Waals surface area contributed by atoms with Crippen molar-refractivity contribution in [1.29, 1.82) is 0 Å². The van der Waals surface area contributed by atoms with Crippen molar-refractivity contribution >= 4 is 5.91 Å². The van der Waals surface area contributed by atoms with Crippen molar-refractivity contribution in [3.05, 3.63) is 60.4 Å². The van der Waals surface area contributed by atoms with Gasteiger partial charge >= 0.3 is 0 Å². The standard InChI is InChI=1S/C19H22N2O2/c22-19(17-5-4-11-20-15-17)21-12-8-16(9-13-21)10-14-23-18-6-2-1-3-7-18/h1-7,11,15-16H,8-10,12-14H2. The summed E-state index contributed by atoms with van der Waals surface area (Å²) < 4.78 is 5.76. The van der Waals surface area contributed by atoms with Crippen LogP contribution in [0, 0.1) is 5.92 Å². The molecule has 4 nitrogen and oxygen atoms in total. The Hall–Kier alpha value is -2.36. The molecule has 1 aromatic heterocycles. The Bertz CT molecular complexity index is 608. The van der Waals surface area contributed by atoms with Gasteiger partial charge in [0.25, 0.3) is 5.91 Å². The number of likely N-dealkylation sites (tertiary alicyclic amines) is 1. The molecule has 0 N–H and O–H groups in total. The Morgan fingerprint density at radius 1 is 1.13 bits per heavy atom. The van der Waals surface area contributed by atoms with Gasteiger partial charge in [0.2, 0.25) is 0 Å². The van der Waals surface area contributed by atoms with Gasteiger partial charge in [-0.3, -0.25) is 9.78 Å². The fourth-order valence-electron chi connectivity index (χ4n) is 2.96. The molecule has 0 aliphatic carbocycles. The number of carbonyl (C=O) groups excluding carboxylic acids is 1. The normalized spacial score (nSPS) is 15.4. The van der Waals surface area contributed by atoms with Crippen molar-refractivity contribution in [1.82, 2.24) is 9.88 Å². The zero-order valence-corrected chi connectivity index (χ0v) is 13.2. The van der Waals surface area contributed by atoms with Crippen LogP contribution in [0.2, 0.25) is 0 Å². The van der Waals surface area contributed by atoms with E-state index in [1.54, 1.807) is 18.5 Å². The molecule has 0 spiro atoms. The summed E-state index contributed by atoms with van der Waals surface area (Å²) in [5.74, 6) is 1.66. The number of hydrogen-bond donors (Lipinski definition) is 0. The second kappa shape index (κ2) is 7.77. The zero-order valence-electron chi connectivity index (χ0n) is 13.2. The second-order valence-corrected chi connectivity index (χ2v) is 5.93. The van der Waals surface area contributed by atoms with Gasteiger partial charge in [0.05, 0.1) is 12.2 Å². The molecule has 120 valence electrons. The van der Waals surface area contributed by atoms with Gasteiger partial charge in [0, 0.05) is 25.5 Å². The van der Waals surface area contributed by atoms with Crippen LogP contribution in [0.3, 0.4) is 0 Å². The maximum Gasteiger partial charge on any atom is 0.255 e. The summed E-state index contributed by atoms with van der Waals surface area (Å²) in [5.41, 5.74) is 0.679. The maximum absolute atomic E-state index is 12.4. The van der Waals surface area contributed by atoms with E-state index >= 15 is 0 Å². The first-order valence-electron chi connectivity index (χ1n) is 8.20. The van der Waals surface area contributed by atoms with Crippen molar-refractivity contribution in [2.45, 2.75) is 19.3 Å². The minimum atomic E-state index is 0.0945. The SMILES string of the molecule is O=C(c1cccnc1)N1CCC(CCOc2ccccc2)CC1. The molecule has 1 aromatic carbocycles. The Morgan fingerprint density at radius 3 is 2.61 bits per heavy atom. The number of rotatable bonds is 5. The molecule has 3 rings (SSSR count). The first-order chi connectivity index (χ1) is 11.3. The number of nitrogens with zero attached hydrogens (tertiary/aromatic N) is 2. The largest absolute Gasteiger partial charge is 0.494 e. The number of aromatic nitrogens is 1. The van der Waals surface area contributed by atoms with Crippen LogP contribution < -0.4 is 4.74 Å². The van der Waals surface area contributed by atoms with Gasteiger partial charge < -0.3 is 9.64 Å². The van der Waals surface area contributed by atoms with Gasteiger partial charge in [-0.25, -0.2) is 0 Å². The zero-order chi connectivity index (χ0) is 15.9. The van der Waals surface area contributed by atoms with Crippen LogP contribution in [0.25, 0.3) is 0 Å². The molecule has 0 atom stereocenters. The third-order valence-corrected chi connectivity index (χ3v) is 4.35. The monoisotopic (exact) mass is 310 g/mol. The molecular formula is C19H22N2O2. The molecule has 23 heavy (non-hydrogen) atoms. The summed E-state index contributed by atoms with van der Waals surface area (Å²) in [7, 11) is 0. The van der Waals surface area contributed by atoms with Crippen molar-refractivity contribution < 1.29 is 9.53 Å². The van der Waals surface area contributed by atoms with Crippen molar-refractivity contribution in [2.75, 3.05) is 19.7 Å². The minimum absolute atomic E-state index is 0.0945. The summed E-state index contributed by atoms with van der Waals surface area (Å²) in [6.45, 7) is 2.39. The van der Waals surface area contributed by atoms with E-state index in [4.69, 9.17) is 4.74 Å². The highest BCUT2D eigenvalue weighted by molar-refractivity contribution is 5.93. The van der Waals surface area contributed by atoms with E-state index in [0.717, 1.165) is 44.7 Å². The third-order valence-electron chi connectivity index (χ3n) is 4.35. The topological polar surface area (TPSA) is 42.4 Å². The lowest BCUT2D eigenvalue weighted by molar-refractivity contribution is 0.0679. The van der Waals surface area contributed by atoms with Crippen molar-refractivity contribution in [3.8, 4) is 5.75 Å². The highest BCUT2D eigenvalue weighted by Gasteiger charge is 2.23. The highest BCUT2D eigenvalue weighted by Crippen LogP contribution is 2.22. The van der Waals surface area contributed by atoms with Crippen LogP contribution in [0.5, 0.6) is 5.75 Å². The van der Waals surface area contributed by atoms with Gasteiger partial charge in [-0.2, -0.15) is 0 Å². The van der Waals surface area contributed by atoms with E-state index in [9.17, 15) is 4.79 Å². The molecule has 0 saturated carbocycles. The van der Waals surface area contributed by atoms with E-state index < -0.39 is 0 Å². The Kier molecular flexibility index (Phi) is 5.25. The highest BCUT2D eigenvalue weighted by atomic mass is 16.5. The van der Waals surface area contributed by atoms with E-state index in [0.29, 0.717) is 11.5 Å². The average molecular weight is 310 g/mol. The molecular weight excluding hydrogens is 288 g/mol. The Balaban J connectivity index is 1.41. The van der Waals surface area contributed by atoms with E-state index in [2.05, 4.69) is 4.98 Å². The predicted molar refractivity (Wildman–Crippen MR) is 89.4 cm³/mol. The molecule has 4 heteroatoms. The van der Waals surface area contributed by atoms with Crippen LogP contribution in [0.1, 0.15) is 29.6 Å². The summed E-state index contributed by atoms with van der Waals surface area (Å²) in [4.78, 5) is 18.3. The summed E-state index contributed by atoms with van der Waals surface area (Å²) in [5, 5.41) is 0. The lowest BCUT2D eigenvalue weighted by atomic mass is 9.93. The molecule has 1 aliphatic heterocycles. The first-order valence-corrected chi connectivity index (χ1v) is 8.20. The number of pyridine rings is 1. The lowest BCUT2D eigenvalue weighted by Crippen LogP contribution is -2.38. The third kappa shape index (κ3) is 4.31. The lowest BCUT2D eigenvalue weighted by Gasteiger charge is -2.32. The Morgan fingerprint density at radius 2 is 1.91 bits per heavy atom. The summed E-state index contributed by atoms with van der Waals surface area (Å²) in [6.07, 6.45) is 6.47. The molecule has 1 fully saturated rings. The average Bonchev–Trinajstić information content (AvgIpc) is 2.63.